The minimum Gasteiger partial charge on any atom is -0.486 e. The van der Waals surface area contributed by atoms with Crippen molar-refractivity contribution in [2.24, 2.45) is 0 Å². The van der Waals surface area contributed by atoms with E-state index in [9.17, 15) is 9.59 Å². The zero-order valence-corrected chi connectivity index (χ0v) is 14.8. The lowest BCUT2D eigenvalue weighted by molar-refractivity contribution is -0.132. The highest BCUT2D eigenvalue weighted by Gasteiger charge is 2.31. The number of ether oxygens (including phenoxy) is 3. The summed E-state index contributed by atoms with van der Waals surface area (Å²) in [5.74, 6) is 1.68. The van der Waals surface area contributed by atoms with Crippen LogP contribution in [0.3, 0.4) is 0 Å². The first-order chi connectivity index (χ1) is 12.7. The van der Waals surface area contributed by atoms with Crippen molar-refractivity contribution >= 4 is 12.0 Å². The van der Waals surface area contributed by atoms with Crippen LogP contribution in [0, 0.1) is 0 Å². The van der Waals surface area contributed by atoms with Crippen LogP contribution in [0.1, 0.15) is 37.3 Å². The van der Waals surface area contributed by atoms with Crippen molar-refractivity contribution in [3.05, 3.63) is 23.8 Å². The molecule has 7 heteroatoms. The zero-order chi connectivity index (χ0) is 17.9. The van der Waals surface area contributed by atoms with Gasteiger partial charge in [-0.2, -0.15) is 0 Å². The molecule has 1 aromatic rings. The third-order valence-corrected chi connectivity index (χ3v) is 5.19. The second-order valence-electron chi connectivity index (χ2n) is 6.85. The van der Waals surface area contributed by atoms with Crippen LogP contribution in [0.15, 0.2) is 18.2 Å². The lowest BCUT2D eigenvalue weighted by Gasteiger charge is -2.27. The van der Waals surface area contributed by atoms with Crippen LogP contribution in [-0.4, -0.2) is 61.3 Å². The first-order valence-corrected chi connectivity index (χ1v) is 9.33. The number of carbonyl (C=O) groups is 2. The summed E-state index contributed by atoms with van der Waals surface area (Å²) in [6, 6.07) is 6.06. The van der Waals surface area contributed by atoms with Crippen LogP contribution >= 0.6 is 0 Å². The molecule has 0 bridgehead atoms. The van der Waals surface area contributed by atoms with Gasteiger partial charge >= 0.3 is 6.09 Å². The van der Waals surface area contributed by atoms with Crippen LogP contribution in [0.2, 0.25) is 0 Å². The zero-order valence-electron chi connectivity index (χ0n) is 14.8. The van der Waals surface area contributed by atoms with Gasteiger partial charge in [-0.25, -0.2) is 4.79 Å². The van der Waals surface area contributed by atoms with Crippen LogP contribution < -0.4 is 9.47 Å². The molecule has 2 saturated heterocycles. The maximum atomic E-state index is 12.7. The summed E-state index contributed by atoms with van der Waals surface area (Å²) < 4.78 is 16.2. The molecule has 0 aliphatic carbocycles. The van der Waals surface area contributed by atoms with E-state index in [1.807, 2.05) is 23.1 Å². The Morgan fingerprint density at radius 1 is 1.08 bits per heavy atom. The summed E-state index contributed by atoms with van der Waals surface area (Å²) in [5, 5.41) is 0. The normalized spacial score (nSPS) is 21.8. The second kappa shape index (κ2) is 7.43. The summed E-state index contributed by atoms with van der Waals surface area (Å²) in [7, 11) is 0. The number of nitrogens with zero attached hydrogens (tertiary/aromatic N) is 2. The number of hydrogen-bond acceptors (Lipinski definition) is 5. The van der Waals surface area contributed by atoms with Crippen molar-refractivity contribution in [2.45, 2.75) is 31.7 Å². The number of likely N-dealkylation sites (tertiary alicyclic amines) is 1. The molecule has 1 atom stereocenters. The summed E-state index contributed by atoms with van der Waals surface area (Å²) in [6.07, 6.45) is 2.81. The van der Waals surface area contributed by atoms with Gasteiger partial charge in [0.15, 0.2) is 11.5 Å². The average molecular weight is 360 g/mol. The number of rotatable bonds is 5. The fourth-order valence-corrected chi connectivity index (χ4v) is 3.87. The maximum Gasteiger partial charge on any atom is 0.409 e. The minimum absolute atomic E-state index is 0.0927. The van der Waals surface area contributed by atoms with E-state index in [1.165, 1.54) is 0 Å². The molecule has 3 aliphatic rings. The van der Waals surface area contributed by atoms with E-state index in [0.717, 1.165) is 36.4 Å². The molecule has 1 aromatic carbocycles. The largest absolute Gasteiger partial charge is 0.486 e. The highest BCUT2D eigenvalue weighted by Crippen LogP contribution is 2.38. The number of amides is 2. The van der Waals surface area contributed by atoms with E-state index in [2.05, 4.69) is 0 Å². The highest BCUT2D eigenvalue weighted by atomic mass is 16.6. The molecule has 0 radical (unpaired) electrons. The molecule has 3 aliphatic heterocycles. The maximum absolute atomic E-state index is 12.7. The van der Waals surface area contributed by atoms with E-state index in [-0.39, 0.29) is 18.0 Å². The molecular formula is C19H24N2O5. The molecule has 0 N–H and O–H groups in total. The van der Waals surface area contributed by atoms with Gasteiger partial charge in [-0.05, 0) is 37.0 Å². The van der Waals surface area contributed by atoms with Crippen molar-refractivity contribution in [1.29, 1.82) is 0 Å². The summed E-state index contributed by atoms with van der Waals surface area (Å²) >= 11 is 0. The molecule has 0 aromatic heterocycles. The van der Waals surface area contributed by atoms with Gasteiger partial charge in [0.25, 0.3) is 0 Å². The molecule has 2 amide bonds. The summed E-state index contributed by atoms with van der Waals surface area (Å²) in [6.45, 7) is 3.56. The van der Waals surface area contributed by atoms with Crippen LogP contribution in [0.5, 0.6) is 11.5 Å². The lowest BCUT2D eigenvalue weighted by atomic mass is 10.0. The monoisotopic (exact) mass is 360 g/mol. The van der Waals surface area contributed by atoms with Gasteiger partial charge in [0.05, 0.1) is 12.6 Å². The molecule has 4 rings (SSSR count). The molecule has 1 unspecified atom stereocenters. The van der Waals surface area contributed by atoms with Crippen LogP contribution in [0.4, 0.5) is 4.79 Å². The van der Waals surface area contributed by atoms with E-state index in [1.54, 1.807) is 4.90 Å². The molecule has 0 spiro atoms. The predicted molar refractivity (Wildman–Crippen MR) is 93.3 cm³/mol. The van der Waals surface area contributed by atoms with E-state index in [4.69, 9.17) is 14.2 Å². The number of carbonyl (C=O) groups excluding carboxylic acids is 2. The van der Waals surface area contributed by atoms with Crippen molar-refractivity contribution < 1.29 is 23.8 Å². The SMILES string of the molecule is O=C1OCCN1CCCC(=O)N1CCCC1c1ccc2c(c1)OCCO2. The molecule has 7 nitrogen and oxygen atoms in total. The van der Waals surface area contributed by atoms with Crippen molar-refractivity contribution in [1.82, 2.24) is 9.80 Å². The van der Waals surface area contributed by atoms with Crippen molar-refractivity contribution in [3.8, 4) is 11.5 Å². The van der Waals surface area contributed by atoms with Gasteiger partial charge in [-0.1, -0.05) is 6.07 Å². The highest BCUT2D eigenvalue weighted by molar-refractivity contribution is 5.77. The van der Waals surface area contributed by atoms with Crippen LogP contribution in [0.25, 0.3) is 0 Å². The molecule has 0 saturated carbocycles. The Kier molecular flexibility index (Phi) is 4.86. The smallest absolute Gasteiger partial charge is 0.409 e. The van der Waals surface area contributed by atoms with Gasteiger partial charge in [-0.15, -0.1) is 0 Å². The Morgan fingerprint density at radius 3 is 2.73 bits per heavy atom. The van der Waals surface area contributed by atoms with Gasteiger partial charge in [0.2, 0.25) is 5.91 Å². The first-order valence-electron chi connectivity index (χ1n) is 9.33. The van der Waals surface area contributed by atoms with Crippen LogP contribution in [-0.2, 0) is 9.53 Å². The molecule has 140 valence electrons. The Labute approximate surface area is 152 Å². The van der Waals surface area contributed by atoms with Gasteiger partial charge in [0.1, 0.15) is 19.8 Å². The predicted octanol–water partition coefficient (Wildman–Crippen LogP) is 2.35. The molecule has 2 fully saturated rings. The molecule has 26 heavy (non-hydrogen) atoms. The Bertz CT molecular complexity index is 693. The summed E-state index contributed by atoms with van der Waals surface area (Å²) in [4.78, 5) is 27.8. The Morgan fingerprint density at radius 2 is 1.92 bits per heavy atom. The number of benzene rings is 1. The fourth-order valence-electron chi connectivity index (χ4n) is 3.87. The second-order valence-corrected chi connectivity index (χ2v) is 6.85. The number of fused-ring (bicyclic) bond motifs is 1. The van der Waals surface area contributed by atoms with Gasteiger partial charge < -0.3 is 24.0 Å². The van der Waals surface area contributed by atoms with E-state index in [0.29, 0.717) is 45.8 Å². The first kappa shape index (κ1) is 17.0. The average Bonchev–Trinajstić information content (AvgIpc) is 3.31. The van der Waals surface area contributed by atoms with Crippen molar-refractivity contribution in [3.63, 3.8) is 0 Å². The van der Waals surface area contributed by atoms with Crippen molar-refractivity contribution in [2.75, 3.05) is 39.5 Å². The van der Waals surface area contributed by atoms with Gasteiger partial charge in [0, 0.05) is 19.5 Å². The number of cyclic esters (lactones) is 1. The van der Waals surface area contributed by atoms with E-state index < -0.39 is 0 Å². The Balaban J connectivity index is 1.36. The fraction of sp³-hybridized carbons (Fsp3) is 0.579. The minimum atomic E-state index is -0.271. The molecular weight excluding hydrogens is 336 g/mol. The lowest BCUT2D eigenvalue weighted by Crippen LogP contribution is -2.32. The van der Waals surface area contributed by atoms with E-state index >= 15 is 0 Å². The standard InChI is InChI=1S/C19H24N2O5/c22-18(4-2-7-20-9-10-26-19(20)23)21-8-1-3-15(21)14-5-6-16-17(13-14)25-12-11-24-16/h5-6,13,15H,1-4,7-12H2. The van der Waals surface area contributed by atoms with Gasteiger partial charge in [-0.3, -0.25) is 4.79 Å². The summed E-state index contributed by atoms with van der Waals surface area (Å²) in [5.41, 5.74) is 1.10. The topological polar surface area (TPSA) is 68.3 Å². The third kappa shape index (κ3) is 3.43. The quantitative estimate of drug-likeness (QED) is 0.806. The Hall–Kier alpha value is -2.44. The molecule has 3 heterocycles. The third-order valence-electron chi connectivity index (χ3n) is 5.19. The number of hydrogen-bond donors (Lipinski definition) is 0.